The van der Waals surface area contributed by atoms with Gasteiger partial charge >= 0.3 is 11.9 Å². The molecule has 0 atom stereocenters. The molecule has 0 amide bonds. The minimum absolute atomic E-state index is 0.0139. The topological polar surface area (TPSA) is 76.1 Å². The fourth-order valence-electron chi connectivity index (χ4n) is 6.22. The highest BCUT2D eigenvalue weighted by Gasteiger charge is 2.20. The summed E-state index contributed by atoms with van der Waals surface area (Å²) in [5, 5.41) is 9.51. The van der Waals surface area contributed by atoms with E-state index in [0.29, 0.717) is 26.1 Å². The number of esters is 2. The SMILES string of the molecule is CCCCCCCCCOC(=O)CCCCCCCN(CCO)CCCCCC(C)(C)COC(=O)CCCCCCC(CC)CC. The number of unbranched alkanes of at least 4 members (excludes halogenated alkanes) is 15. The van der Waals surface area contributed by atoms with E-state index in [4.69, 9.17) is 9.47 Å². The molecule has 0 aliphatic heterocycles. The van der Waals surface area contributed by atoms with Crippen molar-refractivity contribution < 1.29 is 24.2 Å². The maximum absolute atomic E-state index is 12.2. The van der Waals surface area contributed by atoms with Gasteiger partial charge in [-0.1, -0.05) is 144 Å². The number of carbonyl (C=O) groups excluding carboxylic acids is 2. The molecule has 0 bridgehead atoms. The Morgan fingerprint density at radius 2 is 1.11 bits per heavy atom. The molecule has 6 nitrogen and oxygen atoms in total. The van der Waals surface area contributed by atoms with Crippen LogP contribution in [0.25, 0.3) is 0 Å². The van der Waals surface area contributed by atoms with Gasteiger partial charge in [-0.05, 0) is 62.9 Å². The smallest absolute Gasteiger partial charge is 0.305 e. The van der Waals surface area contributed by atoms with Gasteiger partial charge in [0.1, 0.15) is 0 Å². The third-order valence-corrected chi connectivity index (χ3v) is 9.63. The van der Waals surface area contributed by atoms with Gasteiger partial charge in [0.2, 0.25) is 0 Å². The standard InChI is InChI=1S/C40H79NO5/c1-6-9-10-11-12-18-26-35-45-38(43)28-21-14-13-17-24-31-41(33-34-42)32-25-19-23-30-40(4,5)36-46-39(44)29-22-16-15-20-27-37(7-2)8-3/h37,42H,6-36H2,1-5H3. The van der Waals surface area contributed by atoms with Crippen molar-refractivity contribution in [3.05, 3.63) is 0 Å². The van der Waals surface area contributed by atoms with Crippen LogP contribution in [-0.4, -0.2) is 61.4 Å². The predicted molar refractivity (Wildman–Crippen MR) is 195 cm³/mol. The van der Waals surface area contributed by atoms with E-state index in [0.717, 1.165) is 96.2 Å². The molecule has 1 N–H and O–H groups in total. The molecule has 0 saturated carbocycles. The van der Waals surface area contributed by atoms with E-state index in [2.05, 4.69) is 39.5 Å². The minimum Gasteiger partial charge on any atom is -0.466 e. The van der Waals surface area contributed by atoms with Crippen LogP contribution in [0, 0.1) is 11.3 Å². The van der Waals surface area contributed by atoms with Crippen LogP contribution in [0.5, 0.6) is 0 Å². The Morgan fingerprint density at radius 1 is 0.609 bits per heavy atom. The van der Waals surface area contributed by atoms with Gasteiger partial charge in [0.15, 0.2) is 0 Å². The van der Waals surface area contributed by atoms with E-state index in [1.807, 2.05) is 0 Å². The minimum atomic E-state index is -0.0377. The Bertz CT molecular complexity index is 679. The van der Waals surface area contributed by atoms with Crippen LogP contribution in [0.3, 0.4) is 0 Å². The van der Waals surface area contributed by atoms with Gasteiger partial charge in [-0.25, -0.2) is 0 Å². The molecule has 46 heavy (non-hydrogen) atoms. The molecule has 0 heterocycles. The summed E-state index contributed by atoms with van der Waals surface area (Å²) in [4.78, 5) is 26.6. The van der Waals surface area contributed by atoms with Crippen molar-refractivity contribution >= 4 is 11.9 Å². The summed E-state index contributed by atoms with van der Waals surface area (Å²) in [7, 11) is 0. The zero-order chi connectivity index (χ0) is 34.1. The quantitative estimate of drug-likeness (QED) is 0.0542. The van der Waals surface area contributed by atoms with Gasteiger partial charge in [0.25, 0.3) is 0 Å². The van der Waals surface area contributed by atoms with Crippen LogP contribution in [-0.2, 0) is 19.1 Å². The molecule has 0 rings (SSSR count). The van der Waals surface area contributed by atoms with Crippen molar-refractivity contribution in [3.8, 4) is 0 Å². The number of hydrogen-bond donors (Lipinski definition) is 1. The lowest BCUT2D eigenvalue weighted by Crippen LogP contribution is -2.29. The number of hydrogen-bond acceptors (Lipinski definition) is 6. The summed E-state index contributed by atoms with van der Waals surface area (Å²) >= 11 is 0. The second-order valence-corrected chi connectivity index (χ2v) is 14.7. The first kappa shape index (κ1) is 44.9. The largest absolute Gasteiger partial charge is 0.466 e. The molecule has 0 aromatic rings. The van der Waals surface area contributed by atoms with Crippen LogP contribution < -0.4 is 0 Å². The van der Waals surface area contributed by atoms with E-state index >= 15 is 0 Å². The Hall–Kier alpha value is -1.14. The lowest BCUT2D eigenvalue weighted by atomic mass is 9.88. The number of aliphatic hydroxyl groups excluding tert-OH is 1. The highest BCUT2D eigenvalue weighted by molar-refractivity contribution is 5.69. The molecule has 0 aromatic carbocycles. The summed E-state index contributed by atoms with van der Waals surface area (Å²) in [5.41, 5.74) is 0.0139. The molecule has 0 aliphatic rings. The van der Waals surface area contributed by atoms with Crippen molar-refractivity contribution in [1.82, 2.24) is 4.90 Å². The van der Waals surface area contributed by atoms with E-state index in [1.165, 1.54) is 77.0 Å². The molecule has 0 saturated heterocycles. The molecule has 0 fully saturated rings. The number of aliphatic hydroxyl groups is 1. The van der Waals surface area contributed by atoms with Crippen LogP contribution in [0.15, 0.2) is 0 Å². The zero-order valence-corrected chi connectivity index (χ0v) is 31.5. The lowest BCUT2D eigenvalue weighted by Gasteiger charge is -2.25. The number of ether oxygens (including phenoxy) is 2. The third-order valence-electron chi connectivity index (χ3n) is 9.63. The summed E-state index contributed by atoms with van der Waals surface area (Å²) in [5.74, 6) is 0.797. The van der Waals surface area contributed by atoms with Gasteiger partial charge < -0.3 is 19.5 Å². The second-order valence-electron chi connectivity index (χ2n) is 14.7. The number of nitrogens with zero attached hydrogens (tertiary/aromatic N) is 1. The number of rotatable bonds is 35. The van der Waals surface area contributed by atoms with E-state index < -0.39 is 0 Å². The van der Waals surface area contributed by atoms with Gasteiger partial charge in [-0.3, -0.25) is 9.59 Å². The first-order valence-corrected chi connectivity index (χ1v) is 19.9. The van der Waals surface area contributed by atoms with E-state index in [-0.39, 0.29) is 24.0 Å². The Labute approximate surface area is 286 Å². The van der Waals surface area contributed by atoms with Crippen LogP contribution >= 0.6 is 0 Å². The van der Waals surface area contributed by atoms with Crippen LogP contribution in [0.2, 0.25) is 0 Å². The van der Waals surface area contributed by atoms with Gasteiger partial charge in [0, 0.05) is 19.4 Å². The van der Waals surface area contributed by atoms with Crippen LogP contribution in [0.1, 0.15) is 195 Å². The molecule has 0 aliphatic carbocycles. The molecule has 6 heteroatoms. The Morgan fingerprint density at radius 3 is 1.70 bits per heavy atom. The van der Waals surface area contributed by atoms with Gasteiger partial charge in [-0.15, -0.1) is 0 Å². The summed E-state index contributed by atoms with van der Waals surface area (Å²) < 4.78 is 11.0. The van der Waals surface area contributed by atoms with Crippen molar-refractivity contribution in [2.45, 2.75) is 195 Å². The highest BCUT2D eigenvalue weighted by atomic mass is 16.5. The van der Waals surface area contributed by atoms with Crippen molar-refractivity contribution in [2.24, 2.45) is 11.3 Å². The first-order valence-electron chi connectivity index (χ1n) is 19.9. The monoisotopic (exact) mass is 654 g/mol. The number of carbonyl (C=O) groups is 2. The predicted octanol–water partition coefficient (Wildman–Crippen LogP) is 10.8. The summed E-state index contributed by atoms with van der Waals surface area (Å²) in [6.07, 6.45) is 28.2. The summed E-state index contributed by atoms with van der Waals surface area (Å²) in [6.45, 7) is 15.3. The average Bonchev–Trinajstić information content (AvgIpc) is 3.04. The summed E-state index contributed by atoms with van der Waals surface area (Å²) in [6, 6.07) is 0. The van der Waals surface area contributed by atoms with Crippen molar-refractivity contribution in [1.29, 1.82) is 0 Å². The molecular formula is C40H79NO5. The molecular weight excluding hydrogens is 574 g/mol. The molecule has 0 radical (unpaired) electrons. The lowest BCUT2D eigenvalue weighted by molar-refractivity contribution is -0.147. The Kier molecular flexibility index (Phi) is 31.6. The normalized spacial score (nSPS) is 11.9. The van der Waals surface area contributed by atoms with Crippen molar-refractivity contribution in [3.63, 3.8) is 0 Å². The molecule has 274 valence electrons. The molecule has 0 aromatic heterocycles. The second kappa shape index (κ2) is 32.4. The van der Waals surface area contributed by atoms with Gasteiger partial charge in [-0.2, -0.15) is 0 Å². The maximum Gasteiger partial charge on any atom is 0.305 e. The van der Waals surface area contributed by atoms with Crippen molar-refractivity contribution in [2.75, 3.05) is 39.5 Å². The van der Waals surface area contributed by atoms with E-state index in [1.54, 1.807) is 0 Å². The fourth-order valence-corrected chi connectivity index (χ4v) is 6.22. The fraction of sp³-hybridized carbons (Fsp3) is 0.950. The van der Waals surface area contributed by atoms with Gasteiger partial charge in [0.05, 0.1) is 19.8 Å². The highest BCUT2D eigenvalue weighted by Crippen LogP contribution is 2.25. The van der Waals surface area contributed by atoms with Crippen LogP contribution in [0.4, 0.5) is 0 Å². The van der Waals surface area contributed by atoms with E-state index in [9.17, 15) is 14.7 Å². The maximum atomic E-state index is 12.2. The zero-order valence-electron chi connectivity index (χ0n) is 31.5. The third kappa shape index (κ3) is 30.2. The average molecular weight is 654 g/mol. The molecule has 0 unspecified atom stereocenters. The Balaban J connectivity index is 3.79. The first-order chi connectivity index (χ1) is 22.3. The molecule has 0 spiro atoms.